The van der Waals surface area contributed by atoms with Gasteiger partial charge in [-0.1, -0.05) is 36.4 Å². The summed E-state index contributed by atoms with van der Waals surface area (Å²) in [7, 11) is 0. The van der Waals surface area contributed by atoms with Gasteiger partial charge in [0.25, 0.3) is 11.6 Å². The van der Waals surface area contributed by atoms with Crippen molar-refractivity contribution in [3.05, 3.63) is 75.3 Å². The second kappa shape index (κ2) is 11.2. The number of nitrogens with zero attached hydrogens (tertiary/aromatic N) is 2. The lowest BCUT2D eigenvalue weighted by molar-refractivity contribution is -0.385. The van der Waals surface area contributed by atoms with Gasteiger partial charge in [-0.2, -0.15) is 0 Å². The molecular weight excluding hydrogens is 460 g/mol. The topological polar surface area (TPSA) is 142 Å². The fourth-order valence-corrected chi connectivity index (χ4v) is 3.09. The van der Waals surface area contributed by atoms with Gasteiger partial charge < -0.3 is 14.2 Å². The Morgan fingerprint density at radius 2 is 1.69 bits per heavy atom. The number of nitro groups is 1. The molecule has 0 unspecified atom stereocenters. The van der Waals surface area contributed by atoms with Gasteiger partial charge in [0.2, 0.25) is 6.79 Å². The van der Waals surface area contributed by atoms with Crippen LogP contribution in [-0.2, 0) is 30.4 Å². The Bertz CT molecular complexity index is 1130. The zero-order valence-electron chi connectivity index (χ0n) is 19.2. The average molecular weight is 484 g/mol. The van der Waals surface area contributed by atoms with Crippen LogP contribution >= 0.6 is 0 Å². The van der Waals surface area contributed by atoms with Crippen LogP contribution in [0.25, 0.3) is 0 Å². The smallest absolute Gasteiger partial charge is 0.419 e. The van der Waals surface area contributed by atoms with E-state index < -0.39 is 47.6 Å². The van der Waals surface area contributed by atoms with Gasteiger partial charge in [0.15, 0.2) is 5.92 Å². The lowest BCUT2D eigenvalue weighted by Gasteiger charge is -2.20. The highest BCUT2D eigenvalue weighted by atomic mass is 16.7. The second-order valence-corrected chi connectivity index (χ2v) is 7.97. The molecule has 3 rings (SSSR count). The lowest BCUT2D eigenvalue weighted by atomic mass is 10.1. The molecule has 0 aliphatic heterocycles. The number of aryl methyl sites for hydroxylation is 1. The molecule has 1 fully saturated rings. The molecule has 0 heterocycles. The van der Waals surface area contributed by atoms with Crippen LogP contribution in [0.3, 0.4) is 0 Å². The Balaban J connectivity index is 1.53. The molecule has 0 saturated heterocycles. The van der Waals surface area contributed by atoms with Crippen LogP contribution in [-0.4, -0.2) is 46.6 Å². The zero-order chi connectivity index (χ0) is 25.5. The van der Waals surface area contributed by atoms with Crippen molar-refractivity contribution in [2.75, 3.05) is 6.79 Å². The van der Waals surface area contributed by atoms with Gasteiger partial charge in [0, 0.05) is 23.2 Å². The third-order valence-electron chi connectivity index (χ3n) is 5.29. The molecule has 2 aromatic carbocycles. The Morgan fingerprint density at radius 1 is 1.03 bits per heavy atom. The SMILES string of the molecule is Cc1ccc(C(=O)N(C(=O)OCOC(=O)[C@@H](C)C(=O)OCc2ccccc2)C2CC2)cc1[N+](=O)[O-]. The molecule has 0 N–H and O–H groups in total. The largest absolute Gasteiger partial charge is 0.460 e. The number of hydrogen-bond donors (Lipinski definition) is 0. The van der Waals surface area contributed by atoms with Crippen molar-refractivity contribution in [2.24, 2.45) is 5.92 Å². The van der Waals surface area contributed by atoms with Gasteiger partial charge in [-0.05, 0) is 38.3 Å². The van der Waals surface area contributed by atoms with Crippen molar-refractivity contribution in [1.29, 1.82) is 0 Å². The van der Waals surface area contributed by atoms with Crippen molar-refractivity contribution < 1.29 is 38.3 Å². The highest BCUT2D eigenvalue weighted by Gasteiger charge is 2.39. The van der Waals surface area contributed by atoms with Gasteiger partial charge in [0.05, 0.1) is 4.92 Å². The van der Waals surface area contributed by atoms with E-state index in [1.807, 2.05) is 6.07 Å². The molecule has 1 saturated carbocycles. The highest BCUT2D eigenvalue weighted by Crippen LogP contribution is 2.30. The van der Waals surface area contributed by atoms with E-state index in [4.69, 9.17) is 14.2 Å². The molecule has 2 amide bonds. The summed E-state index contributed by atoms with van der Waals surface area (Å²) in [6, 6.07) is 12.4. The van der Waals surface area contributed by atoms with Gasteiger partial charge in [-0.25, -0.2) is 9.69 Å². The van der Waals surface area contributed by atoms with Gasteiger partial charge in [0.1, 0.15) is 6.61 Å². The highest BCUT2D eigenvalue weighted by molar-refractivity contribution is 6.04. The second-order valence-electron chi connectivity index (χ2n) is 7.97. The molecule has 0 aromatic heterocycles. The van der Waals surface area contributed by atoms with Crippen molar-refractivity contribution in [3.63, 3.8) is 0 Å². The normalized spacial score (nSPS) is 13.3. The molecule has 35 heavy (non-hydrogen) atoms. The first-order chi connectivity index (χ1) is 16.7. The summed E-state index contributed by atoms with van der Waals surface area (Å²) in [5.41, 5.74) is 0.828. The van der Waals surface area contributed by atoms with Crippen LogP contribution in [0.1, 0.15) is 41.3 Å². The molecule has 184 valence electrons. The number of ether oxygens (including phenoxy) is 3. The molecule has 0 bridgehead atoms. The number of amides is 2. The molecule has 1 atom stereocenters. The van der Waals surface area contributed by atoms with E-state index in [2.05, 4.69) is 0 Å². The fraction of sp³-hybridized carbons (Fsp3) is 0.333. The van der Waals surface area contributed by atoms with E-state index in [1.165, 1.54) is 26.0 Å². The maximum Gasteiger partial charge on any atom is 0.419 e. The maximum atomic E-state index is 12.9. The number of carbonyl (C=O) groups excluding carboxylic acids is 4. The Kier molecular flexibility index (Phi) is 8.13. The van der Waals surface area contributed by atoms with Crippen LogP contribution in [0.4, 0.5) is 10.5 Å². The first-order valence-electron chi connectivity index (χ1n) is 10.8. The van der Waals surface area contributed by atoms with Crippen LogP contribution in [0, 0.1) is 23.0 Å². The number of imide groups is 1. The summed E-state index contributed by atoms with van der Waals surface area (Å²) in [5.74, 6) is -3.79. The molecule has 11 nitrogen and oxygen atoms in total. The van der Waals surface area contributed by atoms with Crippen molar-refractivity contribution in [3.8, 4) is 0 Å². The van der Waals surface area contributed by atoms with Gasteiger partial charge in [-0.15, -0.1) is 0 Å². The van der Waals surface area contributed by atoms with E-state index in [9.17, 15) is 29.3 Å². The van der Waals surface area contributed by atoms with Crippen LogP contribution < -0.4 is 0 Å². The molecular formula is C24H24N2O9. The summed E-state index contributed by atoms with van der Waals surface area (Å²) in [6.07, 6.45) is 0.0467. The predicted octanol–water partition coefficient (Wildman–Crippen LogP) is 3.52. The van der Waals surface area contributed by atoms with E-state index in [-0.39, 0.29) is 17.9 Å². The zero-order valence-corrected chi connectivity index (χ0v) is 19.2. The lowest BCUT2D eigenvalue weighted by Crippen LogP contribution is -2.39. The minimum Gasteiger partial charge on any atom is -0.460 e. The summed E-state index contributed by atoms with van der Waals surface area (Å²) in [6.45, 7) is 1.99. The molecule has 1 aliphatic carbocycles. The number of carbonyl (C=O) groups is 4. The molecule has 11 heteroatoms. The fourth-order valence-electron chi connectivity index (χ4n) is 3.09. The molecule has 1 aliphatic rings. The minimum atomic E-state index is -1.26. The molecule has 0 spiro atoms. The summed E-state index contributed by atoms with van der Waals surface area (Å²) >= 11 is 0. The van der Waals surface area contributed by atoms with Crippen LogP contribution in [0.15, 0.2) is 48.5 Å². The molecule has 2 aromatic rings. The summed E-state index contributed by atoms with van der Waals surface area (Å²) in [4.78, 5) is 61.0. The monoisotopic (exact) mass is 484 g/mol. The maximum absolute atomic E-state index is 12.9. The first-order valence-corrected chi connectivity index (χ1v) is 10.8. The van der Waals surface area contributed by atoms with E-state index >= 15 is 0 Å². The Hall–Kier alpha value is -4.28. The number of rotatable bonds is 9. The minimum absolute atomic E-state index is 0.0120. The summed E-state index contributed by atoms with van der Waals surface area (Å²) < 4.78 is 14.8. The van der Waals surface area contributed by atoms with E-state index in [1.54, 1.807) is 24.3 Å². The van der Waals surface area contributed by atoms with E-state index in [0.29, 0.717) is 18.4 Å². The van der Waals surface area contributed by atoms with E-state index in [0.717, 1.165) is 16.5 Å². The number of hydrogen-bond acceptors (Lipinski definition) is 9. The average Bonchev–Trinajstić information content (AvgIpc) is 3.67. The quantitative estimate of drug-likeness (QED) is 0.172. The number of benzene rings is 2. The third-order valence-corrected chi connectivity index (χ3v) is 5.29. The van der Waals surface area contributed by atoms with Gasteiger partial charge in [-0.3, -0.25) is 24.5 Å². The van der Waals surface area contributed by atoms with Crippen LogP contribution in [0.2, 0.25) is 0 Å². The first kappa shape index (κ1) is 25.3. The van der Waals surface area contributed by atoms with Crippen molar-refractivity contribution in [2.45, 2.75) is 39.3 Å². The van der Waals surface area contributed by atoms with Crippen LogP contribution in [0.5, 0.6) is 0 Å². The van der Waals surface area contributed by atoms with Gasteiger partial charge >= 0.3 is 18.0 Å². The number of esters is 2. The van der Waals surface area contributed by atoms with Crippen molar-refractivity contribution in [1.82, 2.24) is 4.90 Å². The van der Waals surface area contributed by atoms with Crippen molar-refractivity contribution >= 4 is 29.6 Å². The number of nitro benzene ring substituents is 1. The summed E-state index contributed by atoms with van der Waals surface area (Å²) in [5, 5.41) is 11.2. The standard InChI is InChI=1S/C24H24N2O9/c1-15-8-9-18(12-20(15)26(31)32)21(27)25(19-10-11-19)24(30)35-14-34-23(29)16(2)22(28)33-13-17-6-4-3-5-7-17/h3-9,12,16,19H,10-11,13-14H2,1-2H3/t16-/m0/s1. The third kappa shape index (κ3) is 6.62. The Labute approximate surface area is 200 Å². The predicted molar refractivity (Wildman–Crippen MR) is 120 cm³/mol. The molecule has 0 radical (unpaired) electrons. The Morgan fingerprint density at radius 3 is 2.31 bits per heavy atom.